The molecule has 1 fully saturated rings. The molecule has 3 aromatic rings. The smallest absolute Gasteiger partial charge is 0.417 e. The summed E-state index contributed by atoms with van der Waals surface area (Å²) < 4.78 is 31.2. The fourth-order valence-electron chi connectivity index (χ4n) is 10.8. The number of oxime groups is 1. The summed E-state index contributed by atoms with van der Waals surface area (Å²) in [5.41, 5.74) is 3.29. The second kappa shape index (κ2) is 27.7. The zero-order valence-electron chi connectivity index (χ0n) is 42.7. The Morgan fingerprint density at radius 3 is 2.26 bits per heavy atom. The van der Waals surface area contributed by atoms with Gasteiger partial charge in [-0.1, -0.05) is 88.4 Å². The Hall–Kier alpha value is -5.97. The lowest BCUT2D eigenvalue weighted by Gasteiger charge is -2.59. The number of rotatable bonds is 30. The van der Waals surface area contributed by atoms with Gasteiger partial charge in [0.15, 0.2) is 0 Å². The molecular weight excluding hydrogens is 921 g/mol. The Kier molecular flexibility index (Phi) is 21.3. The maximum Gasteiger partial charge on any atom is 0.417 e. The van der Waals surface area contributed by atoms with E-state index in [9.17, 15) is 29.9 Å². The molecule has 392 valence electrons. The van der Waals surface area contributed by atoms with Crippen molar-refractivity contribution in [1.29, 1.82) is 0 Å². The number of benzene rings is 3. The second-order valence-electron chi connectivity index (χ2n) is 19.1. The van der Waals surface area contributed by atoms with Crippen LogP contribution in [0, 0.1) is 27.9 Å². The Balaban J connectivity index is 1.43. The highest BCUT2D eigenvalue weighted by Crippen LogP contribution is 2.62. The van der Waals surface area contributed by atoms with Gasteiger partial charge < -0.3 is 43.6 Å². The number of likely N-dealkylation sites (N-methyl/N-ethyl adjacent to an activating group) is 1. The minimum absolute atomic E-state index is 0.0328. The number of unbranched alkanes of at least 4 members (excludes halogenated alkanes) is 10. The van der Waals surface area contributed by atoms with Crippen molar-refractivity contribution >= 4 is 29.1 Å². The van der Waals surface area contributed by atoms with Gasteiger partial charge >= 0.3 is 6.09 Å². The van der Waals surface area contributed by atoms with Gasteiger partial charge in [-0.2, -0.15) is 0 Å². The largest absolute Gasteiger partial charge is 0.497 e. The Labute approximate surface area is 424 Å². The molecule has 3 N–H and O–H groups in total. The summed E-state index contributed by atoms with van der Waals surface area (Å²) in [6, 6.07) is 15.8. The molecule has 16 nitrogen and oxygen atoms in total. The van der Waals surface area contributed by atoms with Gasteiger partial charge in [-0.25, -0.2) is 4.79 Å². The van der Waals surface area contributed by atoms with E-state index in [0.717, 1.165) is 62.5 Å². The van der Waals surface area contributed by atoms with Crippen LogP contribution in [0.25, 0.3) is 0 Å². The molecule has 1 saturated carbocycles. The fourth-order valence-corrected chi connectivity index (χ4v) is 10.8. The number of carbonyl (C=O) groups is 2. The number of amides is 2. The average Bonchev–Trinajstić information content (AvgIpc) is 3.38. The molecule has 16 heteroatoms. The molecule has 3 aliphatic rings. The second-order valence-corrected chi connectivity index (χ2v) is 19.1. The van der Waals surface area contributed by atoms with Gasteiger partial charge in [-0.05, 0) is 97.5 Å². The molecule has 6 rings (SSSR count). The number of methoxy groups -OCH3 is 2. The number of hydrogen-bond donors (Lipinski definition) is 3. The molecule has 2 amide bonds. The Morgan fingerprint density at radius 2 is 1.60 bits per heavy atom. The Bertz CT molecular complexity index is 2320. The maximum absolute atomic E-state index is 14.5. The van der Waals surface area contributed by atoms with Crippen LogP contribution in [0.3, 0.4) is 0 Å². The van der Waals surface area contributed by atoms with Crippen molar-refractivity contribution in [2.75, 3.05) is 46.4 Å². The van der Waals surface area contributed by atoms with Crippen LogP contribution in [0.15, 0.2) is 90.1 Å². The summed E-state index contributed by atoms with van der Waals surface area (Å²) in [5, 5.41) is 39.1. The number of anilines is 1. The molecule has 2 aliphatic carbocycles. The molecule has 1 aliphatic heterocycles. The minimum Gasteiger partial charge on any atom is -0.497 e. The minimum atomic E-state index is -1.45. The highest BCUT2D eigenvalue weighted by molar-refractivity contribution is 6.03. The highest BCUT2D eigenvalue weighted by Gasteiger charge is 2.65. The number of fused-ring (bicyclic) bond motifs is 2. The van der Waals surface area contributed by atoms with Crippen LogP contribution in [0.1, 0.15) is 133 Å². The fraction of sp³-hybridized carbons (Fsp3) is 0.554. The van der Waals surface area contributed by atoms with Gasteiger partial charge in [0.1, 0.15) is 35.6 Å². The van der Waals surface area contributed by atoms with Crippen molar-refractivity contribution in [2.45, 2.75) is 140 Å². The first-order valence-corrected chi connectivity index (χ1v) is 25.9. The number of carbonyl (C=O) groups excluding carboxylic acids is 2. The number of aliphatic hydroxyl groups is 2. The van der Waals surface area contributed by atoms with E-state index in [1.807, 2.05) is 13.1 Å². The summed E-state index contributed by atoms with van der Waals surface area (Å²) in [6.07, 6.45) is 18.0. The third kappa shape index (κ3) is 14.0. The molecule has 3 aromatic carbocycles. The van der Waals surface area contributed by atoms with Crippen LogP contribution < -0.4 is 24.3 Å². The van der Waals surface area contributed by atoms with E-state index < -0.39 is 28.8 Å². The van der Waals surface area contributed by atoms with E-state index in [2.05, 4.69) is 24.9 Å². The molecular formula is C56H76N4O12. The van der Waals surface area contributed by atoms with Crippen molar-refractivity contribution in [2.24, 2.45) is 22.9 Å². The summed E-state index contributed by atoms with van der Waals surface area (Å²) in [4.78, 5) is 47.1. The van der Waals surface area contributed by atoms with Crippen molar-refractivity contribution in [3.63, 3.8) is 0 Å². The van der Waals surface area contributed by atoms with E-state index in [1.165, 1.54) is 51.3 Å². The van der Waals surface area contributed by atoms with E-state index in [4.69, 9.17) is 33.7 Å². The summed E-state index contributed by atoms with van der Waals surface area (Å²) in [7, 11) is 4.85. The van der Waals surface area contributed by atoms with Gasteiger partial charge in [-0.15, -0.1) is 6.58 Å². The van der Waals surface area contributed by atoms with Crippen LogP contribution in [0.2, 0.25) is 0 Å². The third-order valence-corrected chi connectivity index (χ3v) is 14.4. The first-order chi connectivity index (χ1) is 35.0. The van der Waals surface area contributed by atoms with Crippen LogP contribution >= 0.6 is 0 Å². The number of ether oxygens (including phenoxy) is 5. The quantitative estimate of drug-likeness (QED) is 0.0247. The molecule has 0 aromatic heterocycles. The SMILES string of the molecule is C=CCOC12Oc3ccc(OC(=O)Nc4ccc(OC)cc4OC)cc3C3C(CCCCO)C(CCCCO)C=C(C(=NOCc4ccc([N+](=O)[O-])cc4)CC1N(C)C(=O)CCCCCCCCCCC)C32. The van der Waals surface area contributed by atoms with Crippen LogP contribution in [-0.2, 0) is 21.0 Å². The van der Waals surface area contributed by atoms with Gasteiger partial charge in [0.05, 0.1) is 43.1 Å². The topological polar surface area (TPSA) is 201 Å². The molecule has 0 radical (unpaired) electrons. The number of aliphatic hydroxyl groups excluding tert-OH is 2. The number of nitro benzene ring substituents is 1. The van der Waals surface area contributed by atoms with Crippen molar-refractivity contribution in [3.8, 4) is 23.0 Å². The predicted octanol–water partition coefficient (Wildman–Crippen LogP) is 11.4. The molecule has 6 atom stereocenters. The lowest BCUT2D eigenvalue weighted by molar-refractivity contribution is -0.384. The number of non-ortho nitro benzene ring substituents is 1. The van der Waals surface area contributed by atoms with Crippen LogP contribution in [-0.4, -0.2) is 90.7 Å². The first kappa shape index (κ1) is 55.3. The lowest BCUT2D eigenvalue weighted by Crippen LogP contribution is -2.69. The standard InChI is InChI=1S/C56H76N4O12/c1-6-8-9-10-11-12-13-14-15-22-52(63)59(3)51-37-48(58-70-38-39-23-25-41(26-24-39)60(65)66)45-34-40(20-16-18-31-61)44(21-17-19-32-62)53-46-35-43(28-30-49(46)72-56(51,54(45)53)69-33-7-2)71-55(64)57-47-29-27-42(67-4)36-50(47)68-5/h7,23-30,34-36,40,44,51,53-54,61-62H,2,6,8-22,31-33,37-38H2,1,3-5H3,(H,57,64). The summed E-state index contributed by atoms with van der Waals surface area (Å²) in [5.74, 6) is -0.788. The van der Waals surface area contributed by atoms with E-state index in [-0.39, 0.29) is 67.9 Å². The average molecular weight is 997 g/mol. The number of nitrogens with zero attached hydrogens (tertiary/aromatic N) is 3. The number of nitrogens with one attached hydrogen (secondary N) is 1. The van der Waals surface area contributed by atoms with Crippen LogP contribution in [0.5, 0.6) is 23.0 Å². The Morgan fingerprint density at radius 1 is 0.903 bits per heavy atom. The number of nitro groups is 1. The normalized spacial score (nSPS) is 21.3. The van der Waals surface area contributed by atoms with Gasteiger partial charge in [0.2, 0.25) is 11.7 Å². The molecule has 6 unspecified atom stereocenters. The molecule has 0 bridgehead atoms. The van der Waals surface area contributed by atoms with E-state index in [1.54, 1.807) is 60.6 Å². The maximum atomic E-state index is 14.5. The van der Waals surface area contributed by atoms with Crippen molar-refractivity contribution in [1.82, 2.24) is 4.90 Å². The van der Waals surface area contributed by atoms with Gasteiger partial charge in [0.25, 0.3) is 5.69 Å². The molecule has 1 heterocycles. The third-order valence-electron chi connectivity index (χ3n) is 14.4. The zero-order valence-corrected chi connectivity index (χ0v) is 42.7. The molecule has 0 saturated heterocycles. The van der Waals surface area contributed by atoms with E-state index >= 15 is 0 Å². The van der Waals surface area contributed by atoms with E-state index in [0.29, 0.717) is 53.5 Å². The lowest BCUT2D eigenvalue weighted by atomic mass is 9.55. The number of allylic oxidation sites excluding steroid dienone is 1. The van der Waals surface area contributed by atoms with Gasteiger partial charge in [-0.3, -0.25) is 20.2 Å². The van der Waals surface area contributed by atoms with Crippen LogP contribution in [0.4, 0.5) is 16.2 Å². The summed E-state index contributed by atoms with van der Waals surface area (Å²) >= 11 is 0. The van der Waals surface area contributed by atoms with Crippen molar-refractivity contribution in [3.05, 3.63) is 106 Å². The molecule has 72 heavy (non-hydrogen) atoms. The van der Waals surface area contributed by atoms with Gasteiger partial charge in [0, 0.05) is 62.8 Å². The predicted molar refractivity (Wildman–Crippen MR) is 277 cm³/mol. The number of hydrogen-bond acceptors (Lipinski definition) is 13. The van der Waals surface area contributed by atoms with Crippen molar-refractivity contribution < 1.29 is 53.2 Å². The zero-order chi connectivity index (χ0) is 51.5. The highest BCUT2D eigenvalue weighted by atomic mass is 16.7. The monoisotopic (exact) mass is 997 g/mol. The summed E-state index contributed by atoms with van der Waals surface area (Å²) in [6.45, 7) is 6.47. The molecule has 0 spiro atoms. The first-order valence-electron chi connectivity index (χ1n) is 25.9.